The molecular weight excluding hydrogens is 277 g/mol. The fourth-order valence-corrected chi connectivity index (χ4v) is 2.88. The van der Waals surface area contributed by atoms with E-state index in [1.54, 1.807) is 0 Å². The normalized spacial score (nSPS) is 29.5. The highest BCUT2D eigenvalue weighted by Gasteiger charge is 2.51. The van der Waals surface area contributed by atoms with Gasteiger partial charge in [-0.15, -0.1) is 0 Å². The molecular formula is C17H22BNO3. The van der Waals surface area contributed by atoms with E-state index in [2.05, 4.69) is 6.07 Å². The third kappa shape index (κ3) is 2.36. The van der Waals surface area contributed by atoms with Crippen molar-refractivity contribution >= 4 is 12.6 Å². The summed E-state index contributed by atoms with van der Waals surface area (Å²) < 4.78 is 17.5. The maximum atomic E-state index is 9.51. The Morgan fingerprint density at radius 3 is 2.09 bits per heavy atom. The van der Waals surface area contributed by atoms with E-state index in [-0.39, 0.29) is 18.3 Å². The third-order valence-corrected chi connectivity index (χ3v) is 5.22. The van der Waals surface area contributed by atoms with Crippen LogP contribution in [0.4, 0.5) is 0 Å². The predicted molar refractivity (Wildman–Crippen MR) is 84.9 cm³/mol. The van der Waals surface area contributed by atoms with E-state index in [0.717, 1.165) is 17.4 Å². The van der Waals surface area contributed by atoms with E-state index in [4.69, 9.17) is 14.0 Å². The largest absolute Gasteiger partial charge is 0.494 e. The highest BCUT2D eigenvalue weighted by Crippen LogP contribution is 2.37. The van der Waals surface area contributed by atoms with Crippen molar-refractivity contribution in [2.45, 2.75) is 50.7 Å². The Bertz CT molecular complexity index is 581. The summed E-state index contributed by atoms with van der Waals surface area (Å²) in [4.78, 5) is 0. The van der Waals surface area contributed by atoms with Crippen molar-refractivity contribution in [3.8, 4) is 6.07 Å². The minimum atomic E-state index is -0.505. The first kappa shape index (κ1) is 15.5. The molecule has 0 N–H and O–H groups in total. The van der Waals surface area contributed by atoms with Gasteiger partial charge in [0.25, 0.3) is 0 Å². The minimum Gasteiger partial charge on any atom is -0.399 e. The van der Waals surface area contributed by atoms with Gasteiger partial charge in [-0.1, -0.05) is 24.3 Å². The summed E-state index contributed by atoms with van der Waals surface area (Å²) >= 11 is 0. The lowest BCUT2D eigenvalue weighted by atomic mass is 9.75. The molecule has 0 aromatic heterocycles. The van der Waals surface area contributed by atoms with Crippen molar-refractivity contribution in [2.75, 3.05) is 13.2 Å². The van der Waals surface area contributed by atoms with Crippen molar-refractivity contribution in [3.63, 3.8) is 0 Å². The van der Waals surface area contributed by atoms with Gasteiger partial charge in [0.05, 0.1) is 23.9 Å². The summed E-state index contributed by atoms with van der Waals surface area (Å²) in [6.45, 7) is 9.29. The predicted octanol–water partition coefficient (Wildman–Crippen LogP) is 2.17. The van der Waals surface area contributed by atoms with Gasteiger partial charge in [0, 0.05) is 6.61 Å². The van der Waals surface area contributed by atoms with Gasteiger partial charge in [-0.25, -0.2) is 0 Å². The van der Waals surface area contributed by atoms with Crippen molar-refractivity contribution in [1.82, 2.24) is 0 Å². The zero-order valence-corrected chi connectivity index (χ0v) is 13.7. The molecule has 0 aliphatic carbocycles. The average molecular weight is 299 g/mol. The van der Waals surface area contributed by atoms with Crippen LogP contribution in [0.15, 0.2) is 24.3 Å². The first-order valence-electron chi connectivity index (χ1n) is 7.75. The smallest absolute Gasteiger partial charge is 0.399 e. The molecule has 2 aliphatic heterocycles. The fourth-order valence-electron chi connectivity index (χ4n) is 2.88. The van der Waals surface area contributed by atoms with Crippen LogP contribution in [0.25, 0.3) is 0 Å². The van der Waals surface area contributed by atoms with Gasteiger partial charge in [-0.3, -0.25) is 0 Å². The van der Waals surface area contributed by atoms with E-state index in [1.165, 1.54) is 0 Å². The standard InChI is InChI=1S/C17H22BNO3/c1-15(2)16(3,4)22-18(21-15)14-7-5-13(6-8-14)17(11-19)9-10-20-12-17/h5-8H,9-10,12H2,1-4H3. The van der Waals surface area contributed by atoms with E-state index in [0.29, 0.717) is 13.2 Å². The number of nitrogens with zero attached hydrogens (tertiary/aromatic N) is 1. The Labute approximate surface area is 132 Å². The summed E-state index contributed by atoms with van der Waals surface area (Å²) in [7, 11) is -0.364. The SMILES string of the molecule is CC1(C)OB(c2ccc(C3(C#N)CCOC3)cc2)OC1(C)C. The Morgan fingerprint density at radius 2 is 1.64 bits per heavy atom. The molecule has 1 aromatic rings. The van der Waals surface area contributed by atoms with Crippen LogP contribution in [0.3, 0.4) is 0 Å². The van der Waals surface area contributed by atoms with Crippen LogP contribution in [-0.4, -0.2) is 31.5 Å². The fraction of sp³-hybridized carbons (Fsp3) is 0.588. The number of ether oxygens (including phenoxy) is 1. The van der Waals surface area contributed by atoms with E-state index >= 15 is 0 Å². The summed E-state index contributed by atoms with van der Waals surface area (Å²) in [5.74, 6) is 0. The maximum Gasteiger partial charge on any atom is 0.494 e. The van der Waals surface area contributed by atoms with Gasteiger partial charge in [0.1, 0.15) is 5.41 Å². The van der Waals surface area contributed by atoms with Crippen LogP contribution < -0.4 is 5.46 Å². The van der Waals surface area contributed by atoms with E-state index in [9.17, 15) is 5.26 Å². The highest BCUT2D eigenvalue weighted by molar-refractivity contribution is 6.62. The lowest BCUT2D eigenvalue weighted by Crippen LogP contribution is -2.41. The Balaban J connectivity index is 1.83. The maximum absolute atomic E-state index is 9.51. The molecule has 2 fully saturated rings. The molecule has 116 valence electrons. The minimum absolute atomic E-state index is 0.344. The number of nitriles is 1. The summed E-state index contributed by atoms with van der Waals surface area (Å²) in [5, 5.41) is 9.51. The summed E-state index contributed by atoms with van der Waals surface area (Å²) in [6, 6.07) is 10.4. The lowest BCUT2D eigenvalue weighted by molar-refractivity contribution is 0.00578. The first-order chi connectivity index (χ1) is 10.3. The number of hydrogen-bond donors (Lipinski definition) is 0. The van der Waals surface area contributed by atoms with Gasteiger partial charge in [-0.05, 0) is 45.1 Å². The second-order valence-corrected chi connectivity index (χ2v) is 7.21. The van der Waals surface area contributed by atoms with Crippen LogP contribution in [-0.2, 0) is 19.5 Å². The van der Waals surface area contributed by atoms with Crippen LogP contribution in [0.1, 0.15) is 39.7 Å². The number of rotatable bonds is 2. The summed E-state index contributed by atoms with van der Waals surface area (Å²) in [6.07, 6.45) is 0.749. The van der Waals surface area contributed by atoms with Crippen molar-refractivity contribution in [3.05, 3.63) is 29.8 Å². The van der Waals surface area contributed by atoms with Crippen LogP contribution >= 0.6 is 0 Å². The highest BCUT2D eigenvalue weighted by atomic mass is 16.7. The molecule has 1 aromatic carbocycles. The van der Waals surface area contributed by atoms with Gasteiger partial charge >= 0.3 is 7.12 Å². The van der Waals surface area contributed by atoms with Crippen LogP contribution in [0, 0.1) is 11.3 Å². The van der Waals surface area contributed by atoms with Gasteiger partial charge < -0.3 is 14.0 Å². The molecule has 4 nitrogen and oxygen atoms in total. The monoisotopic (exact) mass is 299 g/mol. The second-order valence-electron chi connectivity index (χ2n) is 7.21. The van der Waals surface area contributed by atoms with Crippen molar-refractivity contribution in [1.29, 1.82) is 5.26 Å². The molecule has 0 amide bonds. The molecule has 1 atom stereocenters. The zero-order chi connectivity index (χ0) is 16.0. The van der Waals surface area contributed by atoms with Crippen molar-refractivity contribution < 1.29 is 14.0 Å². The molecule has 0 spiro atoms. The van der Waals surface area contributed by atoms with Gasteiger partial charge in [0.2, 0.25) is 0 Å². The zero-order valence-electron chi connectivity index (χ0n) is 13.7. The molecule has 0 radical (unpaired) electrons. The molecule has 0 saturated carbocycles. The number of benzene rings is 1. The topological polar surface area (TPSA) is 51.5 Å². The molecule has 3 rings (SSSR count). The van der Waals surface area contributed by atoms with E-state index in [1.807, 2.05) is 52.0 Å². The summed E-state index contributed by atoms with van der Waals surface area (Å²) in [5.41, 5.74) is 0.795. The average Bonchev–Trinajstić information content (AvgIpc) is 3.03. The molecule has 1 unspecified atom stereocenters. The van der Waals surface area contributed by atoms with Gasteiger partial charge in [-0.2, -0.15) is 5.26 Å². The number of hydrogen-bond acceptors (Lipinski definition) is 4. The van der Waals surface area contributed by atoms with Gasteiger partial charge in [0.15, 0.2) is 0 Å². The molecule has 22 heavy (non-hydrogen) atoms. The Morgan fingerprint density at radius 1 is 1.05 bits per heavy atom. The van der Waals surface area contributed by atoms with E-state index < -0.39 is 5.41 Å². The molecule has 2 aliphatic rings. The first-order valence-corrected chi connectivity index (χ1v) is 7.75. The van der Waals surface area contributed by atoms with Crippen LogP contribution in [0.2, 0.25) is 0 Å². The molecule has 2 heterocycles. The lowest BCUT2D eigenvalue weighted by Gasteiger charge is -2.32. The second kappa shape index (κ2) is 5.09. The molecule has 2 saturated heterocycles. The molecule has 0 bridgehead atoms. The van der Waals surface area contributed by atoms with Crippen molar-refractivity contribution in [2.24, 2.45) is 0 Å². The Hall–Kier alpha value is -1.35. The quantitative estimate of drug-likeness (QED) is 0.785. The third-order valence-electron chi connectivity index (χ3n) is 5.22. The Kier molecular flexibility index (Phi) is 3.60. The van der Waals surface area contributed by atoms with Crippen LogP contribution in [0.5, 0.6) is 0 Å². The molecule has 5 heteroatoms.